The van der Waals surface area contributed by atoms with Crippen molar-refractivity contribution >= 4 is 34.8 Å². The van der Waals surface area contributed by atoms with Gasteiger partial charge >= 0.3 is 12.1 Å². The fourth-order valence-corrected chi connectivity index (χ4v) is 4.89. The number of ether oxygens (including phenoxy) is 2. The van der Waals surface area contributed by atoms with E-state index < -0.39 is 29.3 Å². The monoisotopic (exact) mass is 603 g/mol. The highest BCUT2D eigenvalue weighted by Crippen LogP contribution is 2.32. The number of carbonyl (C=O) groups is 3. The van der Waals surface area contributed by atoms with Gasteiger partial charge in [-0.1, -0.05) is 30.3 Å². The number of fused-ring (bicyclic) bond motifs is 2. The van der Waals surface area contributed by atoms with Gasteiger partial charge in [-0.25, -0.2) is 23.5 Å². The fraction of sp³-hybridized carbons (Fsp3) is 0.281. The summed E-state index contributed by atoms with van der Waals surface area (Å²) < 4.78 is 39.2. The Kier molecular flexibility index (Phi) is 8.43. The molecular weight excluding hydrogens is 572 g/mol. The molecule has 0 radical (unpaired) electrons. The maximum absolute atomic E-state index is 14.5. The third-order valence-corrected chi connectivity index (χ3v) is 6.89. The van der Waals surface area contributed by atoms with Crippen LogP contribution in [0.1, 0.15) is 54.4 Å². The molecule has 0 atom stereocenters. The van der Waals surface area contributed by atoms with Gasteiger partial charge in [-0.2, -0.15) is 0 Å². The van der Waals surface area contributed by atoms with Crippen molar-refractivity contribution < 1.29 is 32.6 Å². The Bertz CT molecular complexity index is 1750. The number of halogens is 2. The molecule has 0 saturated heterocycles. The number of nitrogens with two attached hydrogens (primary N) is 1. The summed E-state index contributed by atoms with van der Waals surface area (Å²) in [5.41, 5.74) is 8.65. The summed E-state index contributed by atoms with van der Waals surface area (Å²) in [6, 6.07) is 14.5. The van der Waals surface area contributed by atoms with Crippen LogP contribution in [0.5, 0.6) is 0 Å². The maximum atomic E-state index is 14.5. The van der Waals surface area contributed by atoms with E-state index in [0.717, 1.165) is 23.3 Å². The first-order valence-electron chi connectivity index (χ1n) is 13.9. The highest BCUT2D eigenvalue weighted by Gasteiger charge is 2.27. The quantitative estimate of drug-likeness (QED) is 0.273. The summed E-state index contributed by atoms with van der Waals surface area (Å²) in [5, 5.41) is 2.83. The van der Waals surface area contributed by atoms with Crippen LogP contribution in [0.4, 0.5) is 19.5 Å². The summed E-state index contributed by atoms with van der Waals surface area (Å²) in [6.07, 6.45) is -0.846. The van der Waals surface area contributed by atoms with E-state index in [-0.39, 0.29) is 48.2 Å². The zero-order valence-corrected chi connectivity index (χ0v) is 24.4. The third-order valence-electron chi connectivity index (χ3n) is 6.89. The lowest BCUT2D eigenvalue weighted by molar-refractivity contribution is -0.144. The smallest absolute Gasteiger partial charge is 0.407 e. The minimum Gasteiger partial charge on any atom is -0.461 e. The van der Waals surface area contributed by atoms with Crippen molar-refractivity contribution in [3.63, 3.8) is 0 Å². The number of anilines is 1. The molecule has 2 heterocycles. The number of hydrogen-bond acceptors (Lipinski definition) is 8. The largest absolute Gasteiger partial charge is 0.461 e. The van der Waals surface area contributed by atoms with Gasteiger partial charge < -0.3 is 25.4 Å². The Labute approximate surface area is 252 Å². The molecule has 2 amide bonds. The second-order valence-corrected chi connectivity index (χ2v) is 11.4. The fourth-order valence-electron chi connectivity index (χ4n) is 4.89. The van der Waals surface area contributed by atoms with Gasteiger partial charge in [0.15, 0.2) is 11.6 Å². The molecule has 1 aromatic heterocycles. The first kappa shape index (κ1) is 30.3. The zero-order chi connectivity index (χ0) is 31.6. The molecule has 5 rings (SSSR count). The number of esters is 1. The minimum atomic E-state index is -1.12. The number of nitrogen functional groups attached to an aromatic ring is 1. The predicted molar refractivity (Wildman–Crippen MR) is 158 cm³/mol. The van der Waals surface area contributed by atoms with E-state index in [1.54, 1.807) is 43.9 Å². The average molecular weight is 604 g/mol. The molecule has 44 heavy (non-hydrogen) atoms. The lowest BCUT2D eigenvalue weighted by Gasteiger charge is -2.19. The molecule has 0 unspecified atom stereocenters. The van der Waals surface area contributed by atoms with Gasteiger partial charge in [0.25, 0.3) is 5.91 Å². The average Bonchev–Trinajstić information content (AvgIpc) is 3.40. The number of hydrogen-bond donors (Lipinski definition) is 2. The molecule has 0 fully saturated rings. The van der Waals surface area contributed by atoms with Crippen LogP contribution >= 0.6 is 0 Å². The Balaban J connectivity index is 1.38. The van der Waals surface area contributed by atoms with Crippen LogP contribution in [-0.4, -0.2) is 45.0 Å². The van der Waals surface area contributed by atoms with E-state index in [9.17, 15) is 23.2 Å². The van der Waals surface area contributed by atoms with E-state index in [1.165, 1.54) is 0 Å². The van der Waals surface area contributed by atoms with Crippen LogP contribution in [0.15, 0.2) is 54.6 Å². The number of carbonyl (C=O) groups excluding carboxylic acids is 3. The lowest BCUT2D eigenvalue weighted by Crippen LogP contribution is -2.33. The van der Waals surface area contributed by atoms with Crippen LogP contribution < -0.4 is 11.1 Å². The van der Waals surface area contributed by atoms with E-state index in [4.69, 9.17) is 15.2 Å². The number of nitrogens with one attached hydrogen (secondary N) is 1. The van der Waals surface area contributed by atoms with Crippen molar-refractivity contribution in [2.75, 3.05) is 12.3 Å². The lowest BCUT2D eigenvalue weighted by atomic mass is 9.97. The second-order valence-electron chi connectivity index (χ2n) is 11.4. The summed E-state index contributed by atoms with van der Waals surface area (Å²) in [4.78, 5) is 48.0. The third kappa shape index (κ3) is 6.91. The van der Waals surface area contributed by atoms with E-state index in [1.807, 2.05) is 24.3 Å². The van der Waals surface area contributed by atoms with E-state index in [0.29, 0.717) is 29.6 Å². The molecule has 3 aromatic carbocycles. The zero-order valence-electron chi connectivity index (χ0n) is 24.4. The molecule has 0 saturated carbocycles. The van der Waals surface area contributed by atoms with Crippen LogP contribution in [0, 0.1) is 11.6 Å². The van der Waals surface area contributed by atoms with Gasteiger partial charge in [0.2, 0.25) is 5.95 Å². The molecule has 3 N–H and O–H groups in total. The number of alkyl carbamates (subject to hydrolysis) is 1. The van der Waals surface area contributed by atoms with Gasteiger partial charge in [0.05, 0.1) is 11.9 Å². The molecule has 4 aromatic rings. The summed E-state index contributed by atoms with van der Waals surface area (Å²) >= 11 is 0. The SMILES string of the molecule is CC(C)(C)OC(=O)NCCC(=O)OCc1cc(F)c(F)cc1-c1ccc2nc(N)nc(C(=O)N3Cc4ccccc4C3)c2c1. The topological polar surface area (TPSA) is 137 Å². The van der Waals surface area contributed by atoms with Crippen LogP contribution in [0.25, 0.3) is 22.0 Å². The van der Waals surface area contributed by atoms with Crippen molar-refractivity contribution in [1.82, 2.24) is 20.2 Å². The number of nitrogens with zero attached hydrogens (tertiary/aromatic N) is 3. The minimum absolute atomic E-state index is 0.0366. The van der Waals surface area contributed by atoms with E-state index in [2.05, 4.69) is 15.3 Å². The van der Waals surface area contributed by atoms with Crippen molar-refractivity contribution in [3.05, 3.63) is 88.6 Å². The van der Waals surface area contributed by atoms with Gasteiger partial charge in [0.1, 0.15) is 17.9 Å². The number of aromatic nitrogens is 2. The number of benzene rings is 3. The Morgan fingerprint density at radius 2 is 1.66 bits per heavy atom. The van der Waals surface area contributed by atoms with Crippen molar-refractivity contribution in [1.29, 1.82) is 0 Å². The molecule has 0 aliphatic carbocycles. The summed E-state index contributed by atoms with van der Waals surface area (Å²) in [7, 11) is 0. The molecule has 10 nitrogen and oxygen atoms in total. The standard InChI is InChI=1S/C32H31F2N5O5/c1-32(2,3)44-31(42)36-11-10-27(40)43-17-21-13-24(33)25(34)14-22(21)18-8-9-26-23(12-18)28(38-30(35)37-26)29(41)39-15-19-6-4-5-7-20(19)16-39/h4-9,12-14H,10-11,15-17H2,1-3H3,(H,36,42)(H2,35,37,38). The van der Waals surface area contributed by atoms with Gasteiger partial charge in [-0.3, -0.25) is 9.59 Å². The van der Waals surface area contributed by atoms with Gasteiger partial charge in [-0.05, 0) is 67.3 Å². The molecule has 12 heteroatoms. The van der Waals surface area contributed by atoms with Crippen molar-refractivity contribution in [3.8, 4) is 11.1 Å². The first-order chi connectivity index (χ1) is 20.9. The number of rotatable bonds is 7. The summed E-state index contributed by atoms with van der Waals surface area (Å²) in [5.74, 6) is -3.31. The Hall–Kier alpha value is -5.13. The highest BCUT2D eigenvalue weighted by molar-refractivity contribution is 6.06. The van der Waals surface area contributed by atoms with Crippen molar-refractivity contribution in [2.24, 2.45) is 0 Å². The number of amides is 2. The van der Waals surface area contributed by atoms with Gasteiger partial charge in [0, 0.05) is 30.6 Å². The van der Waals surface area contributed by atoms with Crippen LogP contribution in [-0.2, 0) is 34.0 Å². The van der Waals surface area contributed by atoms with Crippen LogP contribution in [0.3, 0.4) is 0 Å². The molecule has 0 bridgehead atoms. The normalized spacial score (nSPS) is 12.6. The molecular formula is C32H31F2N5O5. The molecule has 228 valence electrons. The van der Waals surface area contributed by atoms with Crippen LogP contribution in [0.2, 0.25) is 0 Å². The molecule has 1 aliphatic heterocycles. The second kappa shape index (κ2) is 12.2. The Morgan fingerprint density at radius 3 is 2.34 bits per heavy atom. The van der Waals surface area contributed by atoms with Crippen molar-refractivity contribution in [2.45, 2.75) is 52.5 Å². The molecule has 0 spiro atoms. The Morgan fingerprint density at radius 1 is 0.977 bits per heavy atom. The summed E-state index contributed by atoms with van der Waals surface area (Å²) in [6.45, 7) is 5.55. The first-order valence-corrected chi connectivity index (χ1v) is 13.9. The predicted octanol–water partition coefficient (Wildman–Crippen LogP) is 5.27. The highest BCUT2D eigenvalue weighted by atomic mass is 19.2. The maximum Gasteiger partial charge on any atom is 0.407 e. The van der Waals surface area contributed by atoms with Gasteiger partial charge in [-0.15, -0.1) is 0 Å². The van der Waals surface area contributed by atoms with E-state index >= 15 is 0 Å². The molecule has 1 aliphatic rings.